The first kappa shape index (κ1) is 19.0. The molecule has 0 atom stereocenters. The fourth-order valence-corrected chi connectivity index (χ4v) is 3.86. The van der Waals surface area contributed by atoms with Crippen molar-refractivity contribution >= 4 is 34.9 Å². The minimum Gasteiger partial charge on any atom is -0.272 e. The molecule has 0 saturated heterocycles. The SMILES string of the molecule is C[n+]1c(SCC(=O)NN=Cc2ccc(-c3ccccc3)cc2)[nH]c2ccccc21. The van der Waals surface area contributed by atoms with Gasteiger partial charge in [0.1, 0.15) is 0 Å². The molecule has 1 aromatic heterocycles. The van der Waals surface area contributed by atoms with Crippen LogP contribution in [0.25, 0.3) is 22.2 Å². The van der Waals surface area contributed by atoms with Crippen LogP contribution in [0.3, 0.4) is 0 Å². The zero-order valence-corrected chi connectivity index (χ0v) is 16.8. The molecule has 5 nitrogen and oxygen atoms in total. The Hall–Kier alpha value is -3.38. The molecule has 0 aliphatic rings. The van der Waals surface area contributed by atoms with Gasteiger partial charge in [-0.1, -0.05) is 66.7 Å². The van der Waals surface area contributed by atoms with Crippen molar-refractivity contribution in [3.63, 3.8) is 0 Å². The summed E-state index contributed by atoms with van der Waals surface area (Å²) in [6.07, 6.45) is 1.65. The van der Waals surface area contributed by atoms with Gasteiger partial charge in [0.2, 0.25) is 0 Å². The van der Waals surface area contributed by atoms with Crippen molar-refractivity contribution in [2.24, 2.45) is 12.1 Å². The minimum absolute atomic E-state index is 0.147. The number of nitrogens with zero attached hydrogens (tertiary/aromatic N) is 2. The molecule has 0 radical (unpaired) electrons. The molecule has 0 bridgehead atoms. The molecule has 0 saturated carbocycles. The van der Waals surface area contributed by atoms with Crippen LogP contribution in [0.1, 0.15) is 5.56 Å². The molecule has 0 spiro atoms. The third kappa shape index (κ3) is 4.55. The standard InChI is InChI=1S/C23H20N4OS/c1-27-21-10-6-5-9-20(21)25-23(27)29-16-22(28)26-24-15-17-11-13-19(14-12-17)18-7-3-2-4-8-18/h2-15H,16H2,1H3,(H,26,28)/p+1. The lowest BCUT2D eigenvalue weighted by molar-refractivity contribution is -0.683. The van der Waals surface area contributed by atoms with E-state index < -0.39 is 0 Å². The van der Waals surface area contributed by atoms with Crippen LogP contribution < -0.4 is 9.99 Å². The molecule has 4 rings (SSSR count). The molecule has 0 aliphatic heterocycles. The van der Waals surface area contributed by atoms with Crippen LogP contribution in [-0.2, 0) is 11.8 Å². The zero-order valence-electron chi connectivity index (χ0n) is 16.0. The number of thioether (sulfide) groups is 1. The van der Waals surface area contributed by atoms with Gasteiger partial charge in [0.05, 0.1) is 19.0 Å². The number of carbonyl (C=O) groups is 1. The van der Waals surface area contributed by atoms with Gasteiger partial charge in [-0.2, -0.15) is 5.10 Å². The molecule has 1 heterocycles. The Morgan fingerprint density at radius 3 is 2.45 bits per heavy atom. The largest absolute Gasteiger partial charge is 0.317 e. The average molecular weight is 402 g/mol. The van der Waals surface area contributed by atoms with Gasteiger partial charge in [0, 0.05) is 0 Å². The van der Waals surface area contributed by atoms with Crippen molar-refractivity contribution < 1.29 is 9.36 Å². The van der Waals surface area contributed by atoms with Gasteiger partial charge in [-0.05, 0) is 40.6 Å². The summed E-state index contributed by atoms with van der Waals surface area (Å²) in [5, 5.41) is 5.00. The number of hydrazone groups is 1. The van der Waals surface area contributed by atoms with Crippen LogP contribution in [0.15, 0.2) is 89.1 Å². The molecular weight excluding hydrogens is 380 g/mol. The summed E-state index contributed by atoms with van der Waals surface area (Å²) in [7, 11) is 1.98. The molecule has 144 valence electrons. The monoisotopic (exact) mass is 401 g/mol. The number of hydrogen-bond acceptors (Lipinski definition) is 3. The van der Waals surface area contributed by atoms with Gasteiger partial charge in [-0.15, -0.1) is 0 Å². The number of aromatic amines is 1. The number of nitrogens with one attached hydrogen (secondary N) is 2. The van der Waals surface area contributed by atoms with E-state index in [2.05, 4.69) is 27.6 Å². The Morgan fingerprint density at radius 1 is 1.00 bits per heavy atom. The topological polar surface area (TPSA) is 61.1 Å². The highest BCUT2D eigenvalue weighted by Crippen LogP contribution is 2.19. The molecule has 0 aliphatic carbocycles. The summed E-state index contributed by atoms with van der Waals surface area (Å²) in [5.74, 6) is 0.135. The Kier molecular flexibility index (Phi) is 5.72. The molecule has 29 heavy (non-hydrogen) atoms. The highest BCUT2D eigenvalue weighted by Gasteiger charge is 2.16. The number of aryl methyl sites for hydroxylation is 1. The predicted molar refractivity (Wildman–Crippen MR) is 118 cm³/mol. The van der Waals surface area contributed by atoms with Gasteiger partial charge in [0.15, 0.2) is 11.0 Å². The van der Waals surface area contributed by atoms with Crippen LogP contribution in [0.4, 0.5) is 0 Å². The van der Waals surface area contributed by atoms with Crippen molar-refractivity contribution in [1.82, 2.24) is 10.4 Å². The lowest BCUT2D eigenvalue weighted by Crippen LogP contribution is -2.30. The van der Waals surface area contributed by atoms with Gasteiger partial charge in [-0.25, -0.2) is 15.0 Å². The van der Waals surface area contributed by atoms with Crippen LogP contribution in [0, 0.1) is 0 Å². The summed E-state index contributed by atoms with van der Waals surface area (Å²) < 4.78 is 2.05. The van der Waals surface area contributed by atoms with Crippen molar-refractivity contribution in [3.05, 3.63) is 84.4 Å². The van der Waals surface area contributed by atoms with Crippen molar-refractivity contribution in [2.45, 2.75) is 5.16 Å². The molecule has 0 unspecified atom stereocenters. The van der Waals surface area contributed by atoms with E-state index in [1.54, 1.807) is 6.21 Å². The Balaban J connectivity index is 1.31. The molecule has 0 fully saturated rings. The smallest absolute Gasteiger partial charge is 0.272 e. The predicted octanol–water partition coefficient (Wildman–Crippen LogP) is 3.90. The number of rotatable bonds is 6. The summed E-state index contributed by atoms with van der Waals surface area (Å²) in [6, 6.07) is 26.3. The highest BCUT2D eigenvalue weighted by atomic mass is 32.2. The first-order valence-corrected chi connectivity index (χ1v) is 10.3. The van der Waals surface area contributed by atoms with E-state index >= 15 is 0 Å². The first-order valence-electron chi connectivity index (χ1n) is 9.27. The van der Waals surface area contributed by atoms with Gasteiger partial charge in [0.25, 0.3) is 5.91 Å². The lowest BCUT2D eigenvalue weighted by Gasteiger charge is -2.02. The van der Waals surface area contributed by atoms with Crippen molar-refractivity contribution in [1.29, 1.82) is 0 Å². The Morgan fingerprint density at radius 2 is 1.69 bits per heavy atom. The van der Waals surface area contributed by atoms with Crippen molar-refractivity contribution in [3.8, 4) is 11.1 Å². The molecule has 2 N–H and O–H groups in total. The maximum absolute atomic E-state index is 12.1. The normalized spacial score (nSPS) is 11.2. The zero-order chi connectivity index (χ0) is 20.1. The van der Waals surface area contributed by atoms with Crippen LogP contribution in [0.2, 0.25) is 0 Å². The minimum atomic E-state index is -0.147. The van der Waals surface area contributed by atoms with E-state index in [-0.39, 0.29) is 11.7 Å². The second kappa shape index (κ2) is 8.75. The molecule has 1 amide bonds. The van der Waals surface area contributed by atoms with E-state index in [0.29, 0.717) is 0 Å². The second-order valence-electron chi connectivity index (χ2n) is 6.58. The molecular formula is C23H21N4OS+. The Labute approximate surface area is 173 Å². The quantitative estimate of drug-likeness (QED) is 0.223. The third-order valence-electron chi connectivity index (χ3n) is 4.57. The number of hydrogen-bond donors (Lipinski definition) is 2. The fourth-order valence-electron chi connectivity index (χ4n) is 3.05. The molecule has 6 heteroatoms. The number of benzene rings is 3. The van der Waals surface area contributed by atoms with Crippen molar-refractivity contribution in [2.75, 3.05) is 5.75 Å². The number of para-hydroxylation sites is 2. The van der Waals surface area contributed by atoms with Gasteiger partial charge in [-0.3, -0.25) is 4.79 Å². The number of H-pyrrole nitrogens is 1. The highest BCUT2D eigenvalue weighted by molar-refractivity contribution is 7.99. The number of amides is 1. The third-order valence-corrected chi connectivity index (χ3v) is 5.63. The van der Waals surface area contributed by atoms with Gasteiger partial charge < -0.3 is 0 Å². The number of fused-ring (bicyclic) bond motifs is 1. The van der Waals surface area contributed by atoms with E-state index in [0.717, 1.165) is 27.3 Å². The summed E-state index contributed by atoms with van der Waals surface area (Å²) in [5.41, 5.74) is 7.99. The Bertz CT molecular complexity index is 1150. The van der Waals surface area contributed by atoms with Crippen LogP contribution in [-0.4, -0.2) is 22.9 Å². The number of aromatic nitrogens is 2. The van der Waals surface area contributed by atoms with E-state index in [1.807, 2.05) is 78.3 Å². The van der Waals surface area contributed by atoms with E-state index in [9.17, 15) is 4.79 Å². The lowest BCUT2D eigenvalue weighted by atomic mass is 10.0. The van der Waals surface area contributed by atoms with Gasteiger partial charge >= 0.3 is 5.16 Å². The first-order chi connectivity index (χ1) is 14.2. The maximum Gasteiger partial charge on any atom is 0.317 e. The second-order valence-corrected chi connectivity index (χ2v) is 7.54. The molecule has 3 aromatic carbocycles. The fraction of sp³-hybridized carbons (Fsp3) is 0.0870. The molecule has 4 aromatic rings. The van der Waals surface area contributed by atoms with E-state index in [4.69, 9.17) is 0 Å². The van der Waals surface area contributed by atoms with E-state index in [1.165, 1.54) is 17.3 Å². The van der Waals surface area contributed by atoms with Crippen LogP contribution in [0.5, 0.6) is 0 Å². The average Bonchev–Trinajstić information content (AvgIpc) is 3.09. The number of carbonyl (C=O) groups excluding carboxylic acids is 1. The summed E-state index contributed by atoms with van der Waals surface area (Å²) >= 11 is 1.45. The maximum atomic E-state index is 12.1. The summed E-state index contributed by atoms with van der Waals surface area (Å²) in [4.78, 5) is 15.4. The summed E-state index contributed by atoms with van der Waals surface area (Å²) in [6.45, 7) is 0. The number of imidazole rings is 1. The van der Waals surface area contributed by atoms with Crippen LogP contribution >= 0.6 is 11.8 Å².